The molecule has 1 fully saturated rings. The summed E-state index contributed by atoms with van der Waals surface area (Å²) < 4.78 is 0. The van der Waals surface area contributed by atoms with Crippen LogP contribution in [0.4, 0.5) is 17.5 Å². The van der Waals surface area contributed by atoms with Gasteiger partial charge in [-0.2, -0.15) is 4.98 Å². The molecular weight excluding hydrogens is 366 g/mol. The molecule has 3 rings (SSSR count). The molecule has 1 aromatic carbocycles. The van der Waals surface area contributed by atoms with Gasteiger partial charge in [0, 0.05) is 49.6 Å². The molecule has 1 aliphatic heterocycles. The first-order valence-electron chi connectivity index (χ1n) is 9.10. The van der Waals surface area contributed by atoms with Crippen LogP contribution in [-0.4, -0.2) is 40.1 Å². The van der Waals surface area contributed by atoms with Crippen molar-refractivity contribution < 1.29 is 9.90 Å². The minimum absolute atomic E-state index is 0.00398. The maximum Gasteiger partial charge on any atom is 0.229 e. The van der Waals surface area contributed by atoms with Gasteiger partial charge < -0.3 is 20.6 Å². The molecule has 1 aliphatic rings. The van der Waals surface area contributed by atoms with E-state index < -0.39 is 0 Å². The summed E-state index contributed by atoms with van der Waals surface area (Å²) in [4.78, 5) is 22.7. The van der Waals surface area contributed by atoms with E-state index in [1.807, 2.05) is 6.07 Å². The molecule has 1 amide bonds. The normalized spacial score (nSPS) is 16.4. The first-order chi connectivity index (χ1) is 12.9. The Labute approximate surface area is 163 Å². The monoisotopic (exact) mass is 389 g/mol. The van der Waals surface area contributed by atoms with Gasteiger partial charge in [0.25, 0.3) is 0 Å². The van der Waals surface area contributed by atoms with Crippen LogP contribution in [0.25, 0.3) is 0 Å². The molecule has 144 valence electrons. The standard InChI is InChI=1S/C19H24ClN5O2/c1-3-4-13-10-18(25-8-7-15(11-25)21-12(2)26)24-19(22-13)23-14-5-6-16(20)17(27)9-14/h5-6,9-10,15,27H,3-4,7-8,11H2,1-2H3,(H,21,26)(H,22,23,24). The third kappa shape index (κ3) is 5.01. The smallest absolute Gasteiger partial charge is 0.229 e. The number of amides is 1. The Morgan fingerprint density at radius 3 is 2.89 bits per heavy atom. The topological polar surface area (TPSA) is 90.4 Å². The number of hydrogen-bond acceptors (Lipinski definition) is 6. The minimum atomic E-state index is -0.0129. The Kier molecular flexibility index (Phi) is 6.01. The summed E-state index contributed by atoms with van der Waals surface area (Å²) in [6.07, 6.45) is 2.71. The Morgan fingerprint density at radius 2 is 2.19 bits per heavy atom. The van der Waals surface area contributed by atoms with E-state index in [0.717, 1.165) is 43.9 Å². The number of halogens is 1. The van der Waals surface area contributed by atoms with Crippen molar-refractivity contribution in [3.05, 3.63) is 35.0 Å². The number of carbonyl (C=O) groups excluding carboxylic acids is 1. The van der Waals surface area contributed by atoms with Gasteiger partial charge in [-0.3, -0.25) is 4.79 Å². The van der Waals surface area contributed by atoms with E-state index in [1.165, 1.54) is 6.92 Å². The van der Waals surface area contributed by atoms with Crippen molar-refractivity contribution in [2.24, 2.45) is 0 Å². The number of anilines is 3. The van der Waals surface area contributed by atoms with Gasteiger partial charge in [0.05, 0.1) is 5.02 Å². The molecule has 3 N–H and O–H groups in total. The van der Waals surface area contributed by atoms with Crippen LogP contribution in [-0.2, 0) is 11.2 Å². The molecule has 2 heterocycles. The molecule has 0 aliphatic carbocycles. The lowest BCUT2D eigenvalue weighted by atomic mass is 10.2. The number of rotatable bonds is 6. The van der Waals surface area contributed by atoms with Gasteiger partial charge in [0.2, 0.25) is 11.9 Å². The molecule has 1 saturated heterocycles. The summed E-state index contributed by atoms with van der Waals surface area (Å²) in [6, 6.07) is 7.07. The number of hydrogen-bond donors (Lipinski definition) is 3. The van der Waals surface area contributed by atoms with Gasteiger partial charge in [0.15, 0.2) is 0 Å². The SMILES string of the molecule is CCCc1cc(N2CCC(NC(C)=O)C2)nc(Nc2ccc(Cl)c(O)c2)n1. The van der Waals surface area contributed by atoms with Crippen LogP contribution in [0, 0.1) is 0 Å². The fraction of sp³-hybridized carbons (Fsp3) is 0.421. The van der Waals surface area contributed by atoms with Crippen LogP contribution in [0.5, 0.6) is 5.75 Å². The highest BCUT2D eigenvalue weighted by atomic mass is 35.5. The summed E-state index contributed by atoms with van der Waals surface area (Å²) in [5.41, 5.74) is 1.61. The summed E-state index contributed by atoms with van der Waals surface area (Å²) in [5.74, 6) is 1.30. The quantitative estimate of drug-likeness (QED) is 0.702. The highest BCUT2D eigenvalue weighted by molar-refractivity contribution is 6.32. The van der Waals surface area contributed by atoms with Crippen LogP contribution in [0.15, 0.2) is 24.3 Å². The van der Waals surface area contributed by atoms with Crippen LogP contribution in [0.1, 0.15) is 32.4 Å². The van der Waals surface area contributed by atoms with Crippen LogP contribution >= 0.6 is 11.6 Å². The van der Waals surface area contributed by atoms with Gasteiger partial charge in [-0.1, -0.05) is 24.9 Å². The van der Waals surface area contributed by atoms with E-state index in [0.29, 0.717) is 16.7 Å². The number of benzene rings is 1. The maximum absolute atomic E-state index is 11.3. The van der Waals surface area contributed by atoms with E-state index in [2.05, 4.69) is 32.4 Å². The first-order valence-corrected chi connectivity index (χ1v) is 9.48. The molecule has 27 heavy (non-hydrogen) atoms. The molecule has 2 aromatic rings. The third-order valence-corrected chi connectivity index (χ3v) is 4.71. The lowest BCUT2D eigenvalue weighted by Crippen LogP contribution is -2.35. The second kappa shape index (κ2) is 8.43. The Bertz CT molecular complexity index is 830. The summed E-state index contributed by atoms with van der Waals surface area (Å²) in [7, 11) is 0. The minimum Gasteiger partial charge on any atom is -0.506 e. The fourth-order valence-electron chi connectivity index (χ4n) is 3.18. The van der Waals surface area contributed by atoms with E-state index >= 15 is 0 Å². The Balaban J connectivity index is 1.82. The second-order valence-corrected chi connectivity index (χ2v) is 7.12. The number of carbonyl (C=O) groups is 1. The van der Waals surface area contributed by atoms with Gasteiger partial charge in [-0.05, 0) is 25.0 Å². The van der Waals surface area contributed by atoms with Crippen molar-refractivity contribution in [2.45, 2.75) is 39.2 Å². The van der Waals surface area contributed by atoms with Crippen molar-refractivity contribution >= 4 is 35.0 Å². The molecule has 7 nitrogen and oxygen atoms in total. The molecule has 1 unspecified atom stereocenters. The second-order valence-electron chi connectivity index (χ2n) is 6.71. The zero-order valence-electron chi connectivity index (χ0n) is 15.5. The van der Waals surface area contributed by atoms with E-state index in [-0.39, 0.29) is 17.7 Å². The van der Waals surface area contributed by atoms with Gasteiger partial charge in [0.1, 0.15) is 11.6 Å². The first kappa shape index (κ1) is 19.2. The molecule has 8 heteroatoms. The lowest BCUT2D eigenvalue weighted by molar-refractivity contribution is -0.119. The van der Waals surface area contributed by atoms with Crippen LogP contribution in [0.2, 0.25) is 5.02 Å². The predicted octanol–water partition coefficient (Wildman–Crippen LogP) is 3.25. The van der Waals surface area contributed by atoms with Gasteiger partial charge in [-0.15, -0.1) is 0 Å². The number of phenolic OH excluding ortho intramolecular Hbond substituents is 1. The average molecular weight is 390 g/mol. The van der Waals surface area contributed by atoms with Crippen LogP contribution in [0.3, 0.4) is 0 Å². The molecule has 0 bridgehead atoms. The van der Waals surface area contributed by atoms with Crippen molar-refractivity contribution in [1.82, 2.24) is 15.3 Å². The zero-order valence-corrected chi connectivity index (χ0v) is 16.3. The van der Waals surface area contributed by atoms with E-state index in [4.69, 9.17) is 11.6 Å². The van der Waals surface area contributed by atoms with E-state index in [1.54, 1.807) is 18.2 Å². The summed E-state index contributed by atoms with van der Waals surface area (Å²) in [6.45, 7) is 5.20. The molecular formula is C19H24ClN5O2. The van der Waals surface area contributed by atoms with Gasteiger partial charge in [-0.25, -0.2) is 4.98 Å². The predicted molar refractivity (Wildman–Crippen MR) is 107 cm³/mol. The summed E-state index contributed by atoms with van der Waals surface area (Å²) in [5, 5.41) is 16.2. The van der Waals surface area contributed by atoms with Crippen molar-refractivity contribution in [1.29, 1.82) is 0 Å². The van der Waals surface area contributed by atoms with E-state index in [9.17, 15) is 9.90 Å². The Hall–Kier alpha value is -2.54. The highest BCUT2D eigenvalue weighted by Crippen LogP contribution is 2.28. The third-order valence-electron chi connectivity index (χ3n) is 4.39. The maximum atomic E-state index is 11.3. The number of phenols is 1. The largest absolute Gasteiger partial charge is 0.506 e. The number of aryl methyl sites for hydroxylation is 1. The number of nitrogens with zero attached hydrogens (tertiary/aromatic N) is 3. The Morgan fingerprint density at radius 1 is 1.37 bits per heavy atom. The number of aromatic hydroxyl groups is 1. The molecule has 0 spiro atoms. The molecule has 0 radical (unpaired) electrons. The lowest BCUT2D eigenvalue weighted by Gasteiger charge is -2.19. The zero-order chi connectivity index (χ0) is 19.4. The number of aromatic nitrogens is 2. The average Bonchev–Trinajstić information content (AvgIpc) is 3.06. The molecule has 1 aromatic heterocycles. The van der Waals surface area contributed by atoms with Gasteiger partial charge >= 0.3 is 0 Å². The van der Waals surface area contributed by atoms with Crippen LogP contribution < -0.4 is 15.5 Å². The molecule has 0 saturated carbocycles. The summed E-state index contributed by atoms with van der Waals surface area (Å²) >= 11 is 5.87. The van der Waals surface area contributed by atoms with Crippen molar-refractivity contribution in [3.63, 3.8) is 0 Å². The molecule has 1 atom stereocenters. The highest BCUT2D eigenvalue weighted by Gasteiger charge is 2.24. The fourth-order valence-corrected chi connectivity index (χ4v) is 3.30. The number of nitrogens with one attached hydrogen (secondary N) is 2. The van der Waals surface area contributed by atoms with Crippen molar-refractivity contribution in [2.75, 3.05) is 23.3 Å². The van der Waals surface area contributed by atoms with Crippen molar-refractivity contribution in [3.8, 4) is 5.75 Å².